The highest BCUT2D eigenvalue weighted by molar-refractivity contribution is 6.18. The second-order valence-corrected chi connectivity index (χ2v) is 4.11. The quantitative estimate of drug-likeness (QED) is 0.807. The van der Waals surface area contributed by atoms with E-state index in [1.165, 1.54) is 0 Å². The van der Waals surface area contributed by atoms with E-state index in [0.717, 1.165) is 22.4 Å². The van der Waals surface area contributed by atoms with E-state index in [4.69, 9.17) is 16.0 Å². The summed E-state index contributed by atoms with van der Waals surface area (Å²) in [4.78, 5) is 0. The van der Waals surface area contributed by atoms with Gasteiger partial charge in [0.1, 0.15) is 11.3 Å². The molecule has 1 unspecified atom stereocenters. The predicted octanol–water partition coefficient (Wildman–Crippen LogP) is 2.75. The predicted molar refractivity (Wildman–Crippen MR) is 66.2 cm³/mol. The monoisotopic (exact) mass is 239 g/mol. The summed E-state index contributed by atoms with van der Waals surface area (Å²) in [6.45, 7) is 2.37. The first-order valence-corrected chi connectivity index (χ1v) is 5.70. The molecule has 0 aliphatic carbocycles. The van der Waals surface area contributed by atoms with Crippen molar-refractivity contribution in [3.8, 4) is 0 Å². The van der Waals surface area contributed by atoms with E-state index >= 15 is 0 Å². The molecule has 2 aromatic rings. The van der Waals surface area contributed by atoms with Gasteiger partial charge in [-0.1, -0.05) is 0 Å². The smallest absolute Gasteiger partial charge is 0.134 e. The number of aliphatic hydroxyl groups is 1. The maximum Gasteiger partial charge on any atom is 0.134 e. The van der Waals surface area contributed by atoms with Crippen molar-refractivity contribution in [2.45, 2.75) is 13.0 Å². The van der Waals surface area contributed by atoms with Crippen molar-refractivity contribution in [1.82, 2.24) is 0 Å². The lowest BCUT2D eigenvalue weighted by Gasteiger charge is -2.09. The number of fused-ring (bicyclic) bond motifs is 1. The molecule has 1 aromatic heterocycles. The lowest BCUT2D eigenvalue weighted by molar-refractivity contribution is 0.211. The highest BCUT2D eigenvalue weighted by Gasteiger charge is 2.04. The molecule has 0 amide bonds. The maximum atomic E-state index is 9.32. The van der Waals surface area contributed by atoms with Crippen LogP contribution in [0.4, 0.5) is 5.69 Å². The Morgan fingerprint density at radius 2 is 2.25 bits per heavy atom. The average molecular weight is 240 g/mol. The van der Waals surface area contributed by atoms with Gasteiger partial charge in [0.2, 0.25) is 0 Å². The SMILES string of the molecule is Cc1cc2cc(NCC(O)CCl)ccc2o1. The van der Waals surface area contributed by atoms with Gasteiger partial charge in [0.05, 0.1) is 12.0 Å². The van der Waals surface area contributed by atoms with Crippen molar-refractivity contribution in [3.05, 3.63) is 30.0 Å². The van der Waals surface area contributed by atoms with Gasteiger partial charge in [-0.15, -0.1) is 11.6 Å². The van der Waals surface area contributed by atoms with Gasteiger partial charge in [0.15, 0.2) is 0 Å². The fourth-order valence-electron chi connectivity index (χ4n) is 1.58. The summed E-state index contributed by atoms with van der Waals surface area (Å²) >= 11 is 5.51. The number of alkyl halides is 1. The van der Waals surface area contributed by atoms with Crippen molar-refractivity contribution in [3.63, 3.8) is 0 Å². The first kappa shape index (κ1) is 11.3. The van der Waals surface area contributed by atoms with Gasteiger partial charge in [-0.2, -0.15) is 0 Å². The molecule has 86 valence electrons. The first-order valence-electron chi connectivity index (χ1n) is 5.17. The minimum atomic E-state index is -0.525. The summed E-state index contributed by atoms with van der Waals surface area (Å²) in [7, 11) is 0. The summed E-state index contributed by atoms with van der Waals surface area (Å²) in [6, 6.07) is 7.81. The molecule has 0 aliphatic heterocycles. The van der Waals surface area contributed by atoms with Crippen molar-refractivity contribution < 1.29 is 9.52 Å². The molecule has 4 heteroatoms. The van der Waals surface area contributed by atoms with Crippen LogP contribution in [-0.2, 0) is 0 Å². The molecule has 0 aliphatic rings. The molecule has 1 atom stereocenters. The van der Waals surface area contributed by atoms with E-state index in [2.05, 4.69) is 5.32 Å². The van der Waals surface area contributed by atoms with Crippen LogP contribution in [0.2, 0.25) is 0 Å². The molecule has 0 bridgehead atoms. The van der Waals surface area contributed by atoms with Crippen molar-refractivity contribution in [1.29, 1.82) is 0 Å². The minimum absolute atomic E-state index is 0.236. The number of hydrogen-bond donors (Lipinski definition) is 2. The van der Waals surface area contributed by atoms with Crippen LogP contribution in [0.5, 0.6) is 0 Å². The van der Waals surface area contributed by atoms with Crippen LogP contribution in [0.25, 0.3) is 11.0 Å². The Kier molecular flexibility index (Phi) is 3.36. The molecule has 0 radical (unpaired) electrons. The summed E-state index contributed by atoms with van der Waals surface area (Å²) < 4.78 is 5.47. The summed E-state index contributed by atoms with van der Waals surface area (Å²) in [5.41, 5.74) is 1.83. The van der Waals surface area contributed by atoms with Gasteiger partial charge in [0.25, 0.3) is 0 Å². The third-order valence-corrected chi connectivity index (χ3v) is 2.72. The van der Waals surface area contributed by atoms with E-state index in [-0.39, 0.29) is 5.88 Å². The Balaban J connectivity index is 2.13. The lowest BCUT2D eigenvalue weighted by Crippen LogP contribution is -2.20. The number of aryl methyl sites for hydroxylation is 1. The van der Waals surface area contributed by atoms with Gasteiger partial charge in [-0.3, -0.25) is 0 Å². The van der Waals surface area contributed by atoms with Crippen LogP contribution in [-0.4, -0.2) is 23.6 Å². The van der Waals surface area contributed by atoms with Gasteiger partial charge < -0.3 is 14.8 Å². The fourth-order valence-corrected chi connectivity index (χ4v) is 1.69. The molecule has 1 aromatic carbocycles. The Labute approximate surface area is 99.0 Å². The summed E-state index contributed by atoms with van der Waals surface area (Å²) in [5.74, 6) is 1.13. The highest BCUT2D eigenvalue weighted by Crippen LogP contribution is 2.22. The maximum absolute atomic E-state index is 9.32. The number of hydrogen-bond acceptors (Lipinski definition) is 3. The Bertz CT molecular complexity index is 481. The largest absolute Gasteiger partial charge is 0.461 e. The Morgan fingerprint density at radius 1 is 1.44 bits per heavy atom. The third kappa shape index (κ3) is 2.49. The van der Waals surface area contributed by atoms with Crippen LogP contribution in [0.1, 0.15) is 5.76 Å². The number of nitrogens with one attached hydrogen (secondary N) is 1. The van der Waals surface area contributed by atoms with E-state index in [9.17, 15) is 5.11 Å². The standard InChI is InChI=1S/C12H14ClNO2/c1-8-4-9-5-10(2-3-12(9)16-8)14-7-11(15)6-13/h2-5,11,14-15H,6-7H2,1H3. The number of anilines is 1. The summed E-state index contributed by atoms with van der Waals surface area (Å²) in [5, 5.41) is 13.5. The van der Waals surface area contributed by atoms with Crippen molar-refractivity contribution in [2.75, 3.05) is 17.7 Å². The molecule has 0 fully saturated rings. The zero-order valence-corrected chi connectivity index (χ0v) is 9.79. The van der Waals surface area contributed by atoms with E-state index in [1.54, 1.807) is 0 Å². The van der Waals surface area contributed by atoms with E-state index in [1.807, 2.05) is 31.2 Å². The third-order valence-electron chi connectivity index (χ3n) is 2.36. The lowest BCUT2D eigenvalue weighted by atomic mass is 10.2. The molecule has 0 spiro atoms. The Morgan fingerprint density at radius 3 is 3.00 bits per heavy atom. The fraction of sp³-hybridized carbons (Fsp3) is 0.333. The van der Waals surface area contributed by atoms with Crippen LogP contribution < -0.4 is 5.32 Å². The molecule has 16 heavy (non-hydrogen) atoms. The normalized spacial score (nSPS) is 12.9. The molecule has 0 saturated heterocycles. The molecule has 2 N–H and O–H groups in total. The number of benzene rings is 1. The van der Waals surface area contributed by atoms with Crippen LogP contribution in [0, 0.1) is 6.92 Å². The summed E-state index contributed by atoms with van der Waals surface area (Å²) in [6.07, 6.45) is -0.525. The van der Waals surface area contributed by atoms with Gasteiger partial charge >= 0.3 is 0 Å². The van der Waals surface area contributed by atoms with Gasteiger partial charge in [0, 0.05) is 17.6 Å². The van der Waals surface area contributed by atoms with Crippen LogP contribution in [0.15, 0.2) is 28.7 Å². The van der Waals surface area contributed by atoms with E-state index in [0.29, 0.717) is 6.54 Å². The number of halogens is 1. The molecular weight excluding hydrogens is 226 g/mol. The zero-order valence-electron chi connectivity index (χ0n) is 9.03. The van der Waals surface area contributed by atoms with E-state index < -0.39 is 6.10 Å². The molecule has 1 heterocycles. The first-order chi connectivity index (χ1) is 7.69. The number of aliphatic hydroxyl groups excluding tert-OH is 1. The molecule has 3 nitrogen and oxygen atoms in total. The van der Waals surface area contributed by atoms with Crippen LogP contribution >= 0.6 is 11.6 Å². The Hall–Kier alpha value is -1.19. The highest BCUT2D eigenvalue weighted by atomic mass is 35.5. The van der Waals surface area contributed by atoms with Gasteiger partial charge in [-0.05, 0) is 31.2 Å². The van der Waals surface area contributed by atoms with Crippen LogP contribution in [0.3, 0.4) is 0 Å². The minimum Gasteiger partial charge on any atom is -0.461 e. The van der Waals surface area contributed by atoms with Crippen molar-refractivity contribution >= 4 is 28.3 Å². The topological polar surface area (TPSA) is 45.4 Å². The zero-order chi connectivity index (χ0) is 11.5. The number of rotatable bonds is 4. The molecular formula is C12H14ClNO2. The number of furan rings is 1. The second-order valence-electron chi connectivity index (χ2n) is 3.80. The molecule has 2 rings (SSSR count). The second kappa shape index (κ2) is 4.76. The van der Waals surface area contributed by atoms with Crippen molar-refractivity contribution in [2.24, 2.45) is 0 Å². The molecule has 0 saturated carbocycles. The average Bonchev–Trinajstić information content (AvgIpc) is 2.65. The van der Waals surface area contributed by atoms with Gasteiger partial charge in [-0.25, -0.2) is 0 Å².